The zero-order valence-electron chi connectivity index (χ0n) is 11.2. The number of carbonyl (C=O) groups excluding carboxylic acids is 1. The second-order valence-corrected chi connectivity index (χ2v) is 5.25. The van der Waals surface area contributed by atoms with E-state index >= 15 is 0 Å². The lowest BCUT2D eigenvalue weighted by Crippen LogP contribution is -2.37. The summed E-state index contributed by atoms with van der Waals surface area (Å²) in [5, 5.41) is 14.1. The molecule has 1 atom stereocenters. The molecule has 0 rings (SSSR count). The summed E-state index contributed by atoms with van der Waals surface area (Å²) in [4.78, 5) is 21.9. The second-order valence-electron chi connectivity index (χ2n) is 4.26. The average Bonchev–Trinajstić information content (AvgIpc) is 2.33. The number of rotatable bonds is 10. The molecule has 106 valence electrons. The summed E-state index contributed by atoms with van der Waals surface area (Å²) in [6.45, 7) is 2.70. The Bertz CT molecular complexity index is 249. The Labute approximate surface area is 113 Å². The van der Waals surface area contributed by atoms with Gasteiger partial charge in [-0.05, 0) is 31.3 Å². The molecule has 0 saturated carbocycles. The molecule has 6 heteroatoms. The summed E-state index contributed by atoms with van der Waals surface area (Å²) in [5.74, 6) is -0.0814. The van der Waals surface area contributed by atoms with Gasteiger partial charge in [0, 0.05) is 13.1 Å². The third kappa shape index (κ3) is 10.3. The van der Waals surface area contributed by atoms with Crippen molar-refractivity contribution in [3.05, 3.63) is 0 Å². The van der Waals surface area contributed by atoms with Gasteiger partial charge in [0.25, 0.3) is 0 Å². The van der Waals surface area contributed by atoms with Gasteiger partial charge in [0.05, 0.1) is 5.92 Å². The van der Waals surface area contributed by atoms with Gasteiger partial charge in [-0.15, -0.1) is 0 Å². The van der Waals surface area contributed by atoms with Gasteiger partial charge in [0.1, 0.15) is 0 Å². The van der Waals surface area contributed by atoms with E-state index in [1.54, 1.807) is 6.92 Å². The number of hydrogen-bond acceptors (Lipinski definition) is 3. The number of nitrogens with one attached hydrogen (secondary N) is 2. The van der Waals surface area contributed by atoms with E-state index in [1.807, 2.05) is 11.8 Å². The summed E-state index contributed by atoms with van der Waals surface area (Å²) < 4.78 is 0. The van der Waals surface area contributed by atoms with Gasteiger partial charge in [0.2, 0.25) is 0 Å². The Morgan fingerprint density at radius 1 is 1.17 bits per heavy atom. The van der Waals surface area contributed by atoms with Gasteiger partial charge in [-0.25, -0.2) is 4.79 Å². The zero-order valence-corrected chi connectivity index (χ0v) is 12.0. The first-order valence-corrected chi connectivity index (χ1v) is 7.70. The molecule has 0 aliphatic carbocycles. The molecule has 18 heavy (non-hydrogen) atoms. The molecule has 0 aliphatic rings. The monoisotopic (exact) mass is 276 g/mol. The van der Waals surface area contributed by atoms with Crippen molar-refractivity contribution in [3.63, 3.8) is 0 Å². The summed E-state index contributed by atoms with van der Waals surface area (Å²) >= 11 is 1.83. The highest BCUT2D eigenvalue weighted by Gasteiger charge is 2.10. The van der Waals surface area contributed by atoms with Crippen molar-refractivity contribution in [3.8, 4) is 0 Å². The van der Waals surface area contributed by atoms with Crippen LogP contribution in [0, 0.1) is 5.92 Å². The minimum Gasteiger partial charge on any atom is -0.481 e. The molecular weight excluding hydrogens is 252 g/mol. The van der Waals surface area contributed by atoms with Gasteiger partial charge in [-0.3, -0.25) is 4.79 Å². The van der Waals surface area contributed by atoms with Gasteiger partial charge >= 0.3 is 12.0 Å². The van der Waals surface area contributed by atoms with E-state index in [1.165, 1.54) is 12.2 Å². The maximum atomic E-state index is 11.3. The van der Waals surface area contributed by atoms with Crippen LogP contribution >= 0.6 is 11.8 Å². The smallest absolute Gasteiger partial charge is 0.314 e. The number of unbranched alkanes of at least 4 members (excludes halogenated alkanes) is 2. The quantitative estimate of drug-likeness (QED) is 0.533. The maximum absolute atomic E-state index is 11.3. The second kappa shape index (κ2) is 11.2. The number of aliphatic carboxylic acids is 1. The standard InChI is InChI=1S/C12H24N2O3S/c1-10(11(15)16)6-8-14-12(17)13-7-4-3-5-9-18-2/h10H,3-9H2,1-2H3,(H,15,16)(H2,13,14,17). The minimum absolute atomic E-state index is 0.211. The van der Waals surface area contributed by atoms with Crippen molar-refractivity contribution in [2.45, 2.75) is 32.6 Å². The zero-order chi connectivity index (χ0) is 13.8. The number of hydrogen-bond donors (Lipinski definition) is 3. The number of thioether (sulfide) groups is 1. The summed E-state index contributed by atoms with van der Waals surface area (Å²) in [6.07, 6.45) is 5.83. The molecule has 5 nitrogen and oxygen atoms in total. The van der Waals surface area contributed by atoms with Crippen LogP contribution < -0.4 is 10.6 Å². The molecule has 3 N–H and O–H groups in total. The van der Waals surface area contributed by atoms with Crippen molar-refractivity contribution < 1.29 is 14.7 Å². The van der Waals surface area contributed by atoms with Crippen LogP contribution in [-0.4, -0.2) is 42.2 Å². The predicted octanol–water partition coefficient (Wildman–Crippen LogP) is 1.93. The topological polar surface area (TPSA) is 78.4 Å². The Balaban J connectivity index is 3.35. The maximum Gasteiger partial charge on any atom is 0.314 e. The predicted molar refractivity (Wildman–Crippen MR) is 75.1 cm³/mol. The molecular formula is C12H24N2O3S. The van der Waals surface area contributed by atoms with Gasteiger partial charge < -0.3 is 15.7 Å². The van der Waals surface area contributed by atoms with Crippen molar-refractivity contribution in [2.24, 2.45) is 5.92 Å². The summed E-state index contributed by atoms with van der Waals surface area (Å²) in [5.41, 5.74) is 0. The van der Waals surface area contributed by atoms with E-state index < -0.39 is 11.9 Å². The first-order valence-electron chi connectivity index (χ1n) is 6.31. The fourth-order valence-electron chi connectivity index (χ4n) is 1.34. The molecule has 0 fully saturated rings. The molecule has 0 aromatic heterocycles. The Hall–Kier alpha value is -0.910. The number of amides is 2. The van der Waals surface area contributed by atoms with E-state index in [2.05, 4.69) is 16.9 Å². The molecule has 0 heterocycles. The molecule has 2 amide bonds. The van der Waals surface area contributed by atoms with E-state index in [0.717, 1.165) is 12.8 Å². The third-order valence-electron chi connectivity index (χ3n) is 2.60. The normalized spacial score (nSPS) is 11.9. The highest BCUT2D eigenvalue weighted by Crippen LogP contribution is 2.01. The fourth-order valence-corrected chi connectivity index (χ4v) is 1.83. The minimum atomic E-state index is -0.828. The molecule has 0 bridgehead atoms. The van der Waals surface area contributed by atoms with Crippen LogP contribution in [-0.2, 0) is 4.79 Å². The molecule has 0 spiro atoms. The molecule has 1 unspecified atom stereocenters. The molecule has 0 saturated heterocycles. The first kappa shape index (κ1) is 17.1. The number of carbonyl (C=O) groups is 2. The fraction of sp³-hybridized carbons (Fsp3) is 0.833. The number of urea groups is 1. The lowest BCUT2D eigenvalue weighted by atomic mass is 10.1. The van der Waals surface area contributed by atoms with Crippen LogP contribution in [0.3, 0.4) is 0 Å². The Morgan fingerprint density at radius 2 is 1.83 bits per heavy atom. The molecule has 0 radical (unpaired) electrons. The van der Waals surface area contributed by atoms with Crippen molar-refractivity contribution >= 4 is 23.8 Å². The highest BCUT2D eigenvalue weighted by atomic mass is 32.2. The average molecular weight is 276 g/mol. The SMILES string of the molecule is CSCCCCCNC(=O)NCCC(C)C(=O)O. The molecule has 0 aromatic carbocycles. The Kier molecular flexibility index (Phi) is 10.6. The van der Waals surface area contributed by atoms with Crippen molar-refractivity contribution in [1.82, 2.24) is 10.6 Å². The Morgan fingerprint density at radius 3 is 2.44 bits per heavy atom. The van der Waals surface area contributed by atoms with Crippen molar-refractivity contribution in [1.29, 1.82) is 0 Å². The molecule has 0 aliphatic heterocycles. The van der Waals surface area contributed by atoms with Gasteiger partial charge in [-0.2, -0.15) is 11.8 Å². The van der Waals surface area contributed by atoms with E-state index in [0.29, 0.717) is 19.5 Å². The van der Waals surface area contributed by atoms with E-state index in [9.17, 15) is 9.59 Å². The number of carboxylic acids is 1. The molecule has 0 aromatic rings. The highest BCUT2D eigenvalue weighted by molar-refractivity contribution is 7.98. The lowest BCUT2D eigenvalue weighted by molar-refractivity contribution is -0.141. The number of carboxylic acid groups (broad SMARTS) is 1. The van der Waals surface area contributed by atoms with Crippen LogP contribution in [0.15, 0.2) is 0 Å². The van der Waals surface area contributed by atoms with Crippen LogP contribution in [0.5, 0.6) is 0 Å². The largest absolute Gasteiger partial charge is 0.481 e. The van der Waals surface area contributed by atoms with Gasteiger partial charge in [-0.1, -0.05) is 13.3 Å². The first-order chi connectivity index (χ1) is 8.57. The summed E-state index contributed by atoms with van der Waals surface area (Å²) in [6, 6.07) is -0.211. The van der Waals surface area contributed by atoms with Crippen LogP contribution in [0.25, 0.3) is 0 Å². The third-order valence-corrected chi connectivity index (χ3v) is 3.29. The van der Waals surface area contributed by atoms with Crippen LogP contribution in [0.2, 0.25) is 0 Å². The summed E-state index contributed by atoms with van der Waals surface area (Å²) in [7, 11) is 0. The lowest BCUT2D eigenvalue weighted by Gasteiger charge is -2.09. The van der Waals surface area contributed by atoms with E-state index in [-0.39, 0.29) is 6.03 Å². The van der Waals surface area contributed by atoms with Crippen molar-refractivity contribution in [2.75, 3.05) is 25.1 Å². The van der Waals surface area contributed by atoms with E-state index in [4.69, 9.17) is 5.11 Å². The van der Waals surface area contributed by atoms with Gasteiger partial charge in [0.15, 0.2) is 0 Å². The van der Waals surface area contributed by atoms with Crippen LogP contribution in [0.1, 0.15) is 32.6 Å². The van der Waals surface area contributed by atoms with Crippen LogP contribution in [0.4, 0.5) is 4.79 Å².